The van der Waals surface area contributed by atoms with Crippen molar-refractivity contribution in [2.45, 2.75) is 63.4 Å². The van der Waals surface area contributed by atoms with Crippen LogP contribution in [0.15, 0.2) is 42.0 Å². The number of carbonyl (C=O) groups is 1. The Morgan fingerprint density at radius 1 is 1.11 bits per heavy atom. The first-order valence-electron chi connectivity index (χ1n) is 19.5. The number of rotatable bonds is 4. The number of hydrogen-bond donors (Lipinski definition) is 1. The summed E-state index contributed by atoms with van der Waals surface area (Å²) in [6.07, 6.45) is 9.12. The van der Waals surface area contributed by atoms with Gasteiger partial charge in [0.05, 0.1) is 23.6 Å². The Hall–Kier alpha value is -2.70. The van der Waals surface area contributed by atoms with Gasteiger partial charge in [0.25, 0.3) is 5.91 Å². The van der Waals surface area contributed by atoms with Crippen molar-refractivity contribution >= 4 is 33.2 Å². The number of fused-ring (bicyclic) bond motifs is 6. The summed E-state index contributed by atoms with van der Waals surface area (Å²) < 4.78 is 55.4. The Morgan fingerprint density at radius 3 is 2.58 bits per heavy atom. The molecular formula is C41H54ClFN4O5S. The van der Waals surface area contributed by atoms with E-state index < -0.39 is 21.0 Å². The van der Waals surface area contributed by atoms with Crippen LogP contribution in [0.3, 0.4) is 0 Å². The van der Waals surface area contributed by atoms with Crippen LogP contribution < -0.4 is 15.0 Å². The van der Waals surface area contributed by atoms with E-state index in [1.165, 1.54) is 11.8 Å². The Bertz CT molecular complexity index is 1900. The first-order valence-corrected chi connectivity index (χ1v) is 21.8. The topological polar surface area (TPSA) is 91.4 Å². The zero-order chi connectivity index (χ0) is 37.3. The maximum atomic E-state index is 15.6. The van der Waals surface area contributed by atoms with Crippen molar-refractivity contribution in [3.63, 3.8) is 0 Å². The van der Waals surface area contributed by atoms with Crippen molar-refractivity contribution in [3.05, 3.63) is 69.5 Å². The van der Waals surface area contributed by atoms with Gasteiger partial charge in [-0.15, -0.1) is 0 Å². The highest BCUT2D eigenvalue weighted by Gasteiger charge is 2.54. The highest BCUT2D eigenvalue weighted by Crippen LogP contribution is 2.54. The molecule has 1 saturated carbocycles. The molecule has 1 saturated heterocycles. The summed E-state index contributed by atoms with van der Waals surface area (Å²) in [5, 5.41) is 3.38. The lowest BCUT2D eigenvalue weighted by Crippen LogP contribution is -2.61. The Labute approximate surface area is 319 Å². The van der Waals surface area contributed by atoms with E-state index >= 15 is 4.39 Å². The molecule has 12 heteroatoms. The smallest absolute Gasteiger partial charge is 0.251 e. The molecule has 1 N–H and O–H groups in total. The molecule has 0 unspecified atom stereocenters. The van der Waals surface area contributed by atoms with Crippen LogP contribution in [0.25, 0.3) is 0 Å². The van der Waals surface area contributed by atoms with Gasteiger partial charge in [-0.2, -0.15) is 4.31 Å². The van der Waals surface area contributed by atoms with Gasteiger partial charge in [0, 0.05) is 70.4 Å². The van der Waals surface area contributed by atoms with Gasteiger partial charge < -0.3 is 19.7 Å². The molecule has 288 valence electrons. The van der Waals surface area contributed by atoms with Gasteiger partial charge in [0.15, 0.2) is 0 Å². The van der Waals surface area contributed by atoms with Crippen LogP contribution in [-0.2, 0) is 26.6 Å². The van der Waals surface area contributed by atoms with Gasteiger partial charge in [-0.05, 0) is 109 Å². The molecule has 3 aliphatic carbocycles. The van der Waals surface area contributed by atoms with Crippen molar-refractivity contribution in [1.29, 1.82) is 0 Å². The van der Waals surface area contributed by atoms with Gasteiger partial charge in [-0.1, -0.05) is 37.6 Å². The summed E-state index contributed by atoms with van der Waals surface area (Å²) in [6.45, 7) is 9.91. The fraction of sp³-hybridized carbons (Fsp3) is 0.634. The van der Waals surface area contributed by atoms with E-state index in [-0.39, 0.29) is 28.6 Å². The van der Waals surface area contributed by atoms with Crippen LogP contribution in [0.2, 0.25) is 5.02 Å². The summed E-state index contributed by atoms with van der Waals surface area (Å²) in [4.78, 5) is 18.5. The third-order valence-electron chi connectivity index (χ3n) is 14.1. The molecular weight excluding hydrogens is 715 g/mol. The molecule has 9 nitrogen and oxygen atoms in total. The average Bonchev–Trinajstić information content (AvgIpc) is 3.26. The molecule has 1 amide bonds. The molecule has 2 aromatic carbocycles. The van der Waals surface area contributed by atoms with Crippen molar-refractivity contribution in [2.75, 3.05) is 77.2 Å². The number of methoxy groups -OCH3 is 1. The van der Waals surface area contributed by atoms with E-state index in [9.17, 15) is 13.2 Å². The predicted octanol–water partition coefficient (Wildman–Crippen LogP) is 5.90. The van der Waals surface area contributed by atoms with E-state index in [1.54, 1.807) is 10.4 Å². The van der Waals surface area contributed by atoms with E-state index in [1.807, 2.05) is 31.4 Å². The zero-order valence-electron chi connectivity index (χ0n) is 31.5. The normalized spacial score (nSPS) is 33.7. The highest BCUT2D eigenvalue weighted by molar-refractivity contribution is 7.88. The molecule has 9 rings (SSSR count). The van der Waals surface area contributed by atoms with Crippen LogP contribution in [0, 0.1) is 35.4 Å². The number of nitrogens with one attached hydrogen (secondary N) is 1. The van der Waals surface area contributed by atoms with Gasteiger partial charge in [-0.3, -0.25) is 9.69 Å². The summed E-state index contributed by atoms with van der Waals surface area (Å²) in [5.41, 5.74) is 3.58. The largest absolute Gasteiger partial charge is 0.490 e. The van der Waals surface area contributed by atoms with Gasteiger partial charge in [-0.25, -0.2) is 12.8 Å². The Morgan fingerprint density at radius 2 is 1.89 bits per heavy atom. The van der Waals surface area contributed by atoms with Crippen molar-refractivity contribution in [1.82, 2.24) is 14.5 Å². The van der Waals surface area contributed by atoms with Gasteiger partial charge >= 0.3 is 0 Å². The first-order chi connectivity index (χ1) is 25.3. The fourth-order valence-electron chi connectivity index (χ4n) is 10.4. The lowest BCUT2D eigenvalue weighted by Gasteiger charge is -2.56. The number of ether oxygens (including phenoxy) is 2. The van der Waals surface area contributed by atoms with E-state index in [0.29, 0.717) is 81.2 Å². The molecule has 4 heterocycles. The third-order valence-corrected chi connectivity index (χ3v) is 15.7. The van der Waals surface area contributed by atoms with Crippen molar-refractivity contribution in [2.24, 2.45) is 29.6 Å². The standard InChI is InChI=1S/C41H54ClFN4O5S/c1-26-21-44-39(48)28-8-12-37-36(20-28)46(23-40(25-52-37)13-5-6-32-34(40)10-11-35(42)38(32)43)22-29-7-9-33(29)41(51-3,31-18-30(19-31)27(26)2)24-45-14-16-47(17-15-45)53(4,49)50/h8,10-12,18,20,26-27,29-30,33H,5-7,9,13-17,19,21-25H2,1-4H3,(H,44,48)/t26-,27+,29-,30-,33+,40-,41-/m0/s1. The monoisotopic (exact) mass is 768 g/mol. The summed E-state index contributed by atoms with van der Waals surface area (Å²) in [7, 11) is -1.37. The van der Waals surface area contributed by atoms with Crippen LogP contribution in [0.1, 0.15) is 67.4 Å². The molecule has 4 bridgehead atoms. The van der Waals surface area contributed by atoms with E-state index in [2.05, 4.69) is 35.0 Å². The lowest BCUT2D eigenvalue weighted by atomic mass is 9.57. The molecule has 7 aliphatic rings. The molecule has 0 radical (unpaired) electrons. The van der Waals surface area contributed by atoms with Gasteiger partial charge in [0.1, 0.15) is 17.2 Å². The number of anilines is 1. The number of piperazine rings is 1. The highest BCUT2D eigenvalue weighted by atomic mass is 35.5. The first kappa shape index (κ1) is 37.2. The number of halogens is 2. The van der Waals surface area contributed by atoms with E-state index in [0.717, 1.165) is 62.2 Å². The minimum absolute atomic E-state index is 0.0849. The van der Waals surface area contributed by atoms with E-state index in [4.69, 9.17) is 21.1 Å². The number of hydrogen-bond acceptors (Lipinski definition) is 7. The molecule has 4 aliphatic heterocycles. The number of nitrogens with zero attached hydrogens (tertiary/aromatic N) is 3. The number of benzene rings is 2. The molecule has 7 atom stereocenters. The average molecular weight is 769 g/mol. The molecule has 2 fully saturated rings. The second-order valence-electron chi connectivity index (χ2n) is 17.0. The van der Waals surface area contributed by atoms with Crippen LogP contribution in [0.4, 0.5) is 10.1 Å². The quantitative estimate of drug-likeness (QED) is 0.388. The minimum Gasteiger partial charge on any atom is -0.490 e. The van der Waals surface area contributed by atoms with Gasteiger partial charge in [0.2, 0.25) is 10.0 Å². The van der Waals surface area contributed by atoms with Crippen molar-refractivity contribution in [3.8, 4) is 5.75 Å². The minimum atomic E-state index is -3.24. The van der Waals surface area contributed by atoms with Crippen LogP contribution >= 0.6 is 11.6 Å². The number of sulfonamides is 1. The SMILES string of the molecule is CO[C@@]1(CN2CCN(S(C)(=O)=O)CC2)C2=C[C@@H](C2)[C@H](C)[C@@H](C)CNC(=O)c2ccc3c(c2)N(C[C@@H]2CC[C@H]21)C[C@@]1(CCCc2c1ccc(Cl)c2F)CO3. The number of allylic oxidation sites excluding steroid dienone is 1. The zero-order valence-corrected chi connectivity index (χ0v) is 33.1. The number of carbonyl (C=O) groups excluding carboxylic acids is 1. The van der Waals surface area contributed by atoms with Crippen molar-refractivity contribution < 1.29 is 27.1 Å². The maximum absolute atomic E-state index is 15.6. The lowest BCUT2D eigenvalue weighted by molar-refractivity contribution is -0.107. The maximum Gasteiger partial charge on any atom is 0.251 e. The summed E-state index contributed by atoms with van der Waals surface area (Å²) >= 11 is 6.31. The summed E-state index contributed by atoms with van der Waals surface area (Å²) in [5.74, 6) is 1.92. The van der Waals surface area contributed by atoms with Crippen LogP contribution in [0.5, 0.6) is 5.75 Å². The molecule has 2 aromatic rings. The van der Waals surface area contributed by atoms with Crippen LogP contribution in [-0.4, -0.2) is 101 Å². The molecule has 1 spiro atoms. The Balaban J connectivity index is 1.18. The number of amides is 1. The molecule has 0 aromatic heterocycles. The summed E-state index contributed by atoms with van der Waals surface area (Å²) in [6, 6.07) is 9.48. The fourth-order valence-corrected chi connectivity index (χ4v) is 11.4. The second kappa shape index (κ2) is 14.1. The third kappa shape index (κ3) is 6.60. The molecule has 53 heavy (non-hydrogen) atoms. The Kier molecular flexibility index (Phi) is 9.91. The predicted molar refractivity (Wildman–Crippen MR) is 206 cm³/mol. The second-order valence-corrected chi connectivity index (χ2v) is 19.3.